The van der Waals surface area contributed by atoms with Gasteiger partial charge in [0.25, 0.3) is 0 Å². The van der Waals surface area contributed by atoms with E-state index in [9.17, 15) is 0 Å². The van der Waals surface area contributed by atoms with E-state index in [2.05, 4.69) is 26.1 Å². The van der Waals surface area contributed by atoms with E-state index in [1.165, 1.54) is 19.3 Å². The average Bonchev–Trinajstić information content (AvgIpc) is 2.63. The fourth-order valence-electron chi connectivity index (χ4n) is 2.45. The Balaban J connectivity index is 2.33. The molecule has 1 N–H and O–H groups in total. The maximum atomic E-state index is 5.84. The van der Waals surface area contributed by atoms with E-state index in [1.807, 2.05) is 0 Å². The predicted octanol–water partition coefficient (Wildman–Crippen LogP) is 2.44. The summed E-state index contributed by atoms with van der Waals surface area (Å²) >= 11 is 0. The number of hydrogen-bond acceptors (Lipinski definition) is 2. The van der Waals surface area contributed by atoms with Gasteiger partial charge in [0, 0.05) is 13.2 Å². The molecule has 0 radical (unpaired) electrons. The first-order valence-corrected chi connectivity index (χ1v) is 6.11. The highest BCUT2D eigenvalue weighted by Gasteiger charge is 2.31. The Bertz CT molecular complexity index is 149. The summed E-state index contributed by atoms with van der Waals surface area (Å²) in [5.41, 5.74) is 0. The molecule has 1 aliphatic rings. The summed E-state index contributed by atoms with van der Waals surface area (Å²) in [5, 5.41) is 3.44. The first-order chi connectivity index (χ1) is 6.79. The van der Waals surface area contributed by atoms with E-state index in [4.69, 9.17) is 4.74 Å². The molecule has 0 aromatic carbocycles. The normalized spacial score (nSPS) is 29.4. The molecule has 0 aromatic heterocycles. The van der Waals surface area contributed by atoms with Gasteiger partial charge in [-0.25, -0.2) is 0 Å². The smallest absolute Gasteiger partial charge is 0.0641 e. The van der Waals surface area contributed by atoms with E-state index < -0.39 is 0 Å². The van der Waals surface area contributed by atoms with Crippen molar-refractivity contribution in [3.8, 4) is 0 Å². The molecule has 1 heterocycles. The molecule has 2 nitrogen and oxygen atoms in total. The molecule has 3 unspecified atom stereocenters. The topological polar surface area (TPSA) is 21.3 Å². The second kappa shape index (κ2) is 6.41. The molecule has 0 spiro atoms. The van der Waals surface area contributed by atoms with E-state index in [-0.39, 0.29) is 0 Å². The van der Waals surface area contributed by atoms with Crippen LogP contribution < -0.4 is 5.32 Å². The highest BCUT2D eigenvalue weighted by molar-refractivity contribution is 4.81. The zero-order valence-corrected chi connectivity index (χ0v) is 9.88. The lowest BCUT2D eigenvalue weighted by Crippen LogP contribution is -2.32. The molecule has 1 saturated heterocycles. The van der Waals surface area contributed by atoms with Gasteiger partial charge in [-0.15, -0.1) is 0 Å². The van der Waals surface area contributed by atoms with Crippen molar-refractivity contribution in [3.05, 3.63) is 0 Å². The minimum Gasteiger partial charge on any atom is -0.378 e. The maximum Gasteiger partial charge on any atom is 0.0641 e. The molecular formula is C12H25NO. The average molecular weight is 199 g/mol. The lowest BCUT2D eigenvalue weighted by molar-refractivity contribution is 0.0446. The molecule has 1 aliphatic heterocycles. The Morgan fingerprint density at radius 3 is 2.86 bits per heavy atom. The lowest BCUT2D eigenvalue weighted by Gasteiger charge is -2.24. The Hall–Kier alpha value is -0.0800. The van der Waals surface area contributed by atoms with Crippen LogP contribution >= 0.6 is 0 Å². The van der Waals surface area contributed by atoms with Crippen molar-refractivity contribution < 1.29 is 4.74 Å². The molecule has 0 amide bonds. The fourth-order valence-corrected chi connectivity index (χ4v) is 2.45. The van der Waals surface area contributed by atoms with Crippen LogP contribution in [-0.4, -0.2) is 25.8 Å². The molecule has 2 heteroatoms. The van der Waals surface area contributed by atoms with Crippen molar-refractivity contribution >= 4 is 0 Å². The minimum absolute atomic E-state index is 0.508. The van der Waals surface area contributed by atoms with Gasteiger partial charge in [-0.2, -0.15) is 0 Å². The van der Waals surface area contributed by atoms with Crippen LogP contribution in [0.15, 0.2) is 0 Å². The van der Waals surface area contributed by atoms with Crippen molar-refractivity contribution in [2.45, 2.75) is 46.1 Å². The Kier molecular flexibility index (Phi) is 5.49. The van der Waals surface area contributed by atoms with Gasteiger partial charge in [0.15, 0.2) is 0 Å². The summed E-state index contributed by atoms with van der Waals surface area (Å²) in [7, 11) is 0. The van der Waals surface area contributed by atoms with E-state index in [1.54, 1.807) is 0 Å². The van der Waals surface area contributed by atoms with E-state index in [0.29, 0.717) is 6.10 Å². The number of ether oxygens (including phenoxy) is 1. The molecule has 84 valence electrons. The summed E-state index contributed by atoms with van der Waals surface area (Å²) in [6.07, 6.45) is 4.32. The SMILES string of the molecule is CCCC(C)C1OCCC1CNCC. The molecule has 0 bridgehead atoms. The minimum atomic E-state index is 0.508. The maximum absolute atomic E-state index is 5.84. The molecule has 1 rings (SSSR count). The van der Waals surface area contributed by atoms with Crippen molar-refractivity contribution in [2.24, 2.45) is 11.8 Å². The number of rotatable bonds is 6. The monoisotopic (exact) mass is 199 g/mol. The second-order valence-corrected chi connectivity index (χ2v) is 4.46. The highest BCUT2D eigenvalue weighted by atomic mass is 16.5. The van der Waals surface area contributed by atoms with Crippen LogP contribution in [0, 0.1) is 11.8 Å². The van der Waals surface area contributed by atoms with E-state index in [0.717, 1.165) is 31.5 Å². The van der Waals surface area contributed by atoms with Crippen LogP contribution in [0.25, 0.3) is 0 Å². The van der Waals surface area contributed by atoms with Gasteiger partial charge in [0.1, 0.15) is 0 Å². The molecule has 0 saturated carbocycles. The number of hydrogen-bond donors (Lipinski definition) is 1. The van der Waals surface area contributed by atoms with Crippen molar-refractivity contribution in [2.75, 3.05) is 19.7 Å². The van der Waals surface area contributed by atoms with Gasteiger partial charge in [0.05, 0.1) is 6.10 Å². The quantitative estimate of drug-likeness (QED) is 0.709. The Labute approximate surface area is 88.4 Å². The van der Waals surface area contributed by atoms with Crippen LogP contribution in [0.3, 0.4) is 0 Å². The predicted molar refractivity (Wildman–Crippen MR) is 60.5 cm³/mol. The molecular weight excluding hydrogens is 174 g/mol. The van der Waals surface area contributed by atoms with Crippen molar-refractivity contribution in [3.63, 3.8) is 0 Å². The highest BCUT2D eigenvalue weighted by Crippen LogP contribution is 2.28. The summed E-state index contributed by atoms with van der Waals surface area (Å²) in [5.74, 6) is 1.47. The number of nitrogens with one attached hydrogen (secondary N) is 1. The van der Waals surface area contributed by atoms with Crippen LogP contribution in [0.1, 0.15) is 40.0 Å². The molecule has 14 heavy (non-hydrogen) atoms. The first kappa shape index (κ1) is 12.0. The molecule has 0 aromatic rings. The molecule has 1 fully saturated rings. The van der Waals surface area contributed by atoms with Crippen LogP contribution in [-0.2, 0) is 4.74 Å². The van der Waals surface area contributed by atoms with E-state index >= 15 is 0 Å². The van der Waals surface area contributed by atoms with Crippen LogP contribution in [0.2, 0.25) is 0 Å². The zero-order chi connectivity index (χ0) is 10.4. The molecule has 3 atom stereocenters. The molecule has 0 aliphatic carbocycles. The van der Waals surface area contributed by atoms with Gasteiger partial charge in [-0.3, -0.25) is 0 Å². The van der Waals surface area contributed by atoms with Gasteiger partial charge in [0.2, 0.25) is 0 Å². The Morgan fingerprint density at radius 1 is 1.43 bits per heavy atom. The van der Waals surface area contributed by atoms with Gasteiger partial charge < -0.3 is 10.1 Å². The standard InChI is InChI=1S/C12H25NO/c1-4-6-10(3)12-11(7-8-14-12)9-13-5-2/h10-13H,4-9H2,1-3H3. The zero-order valence-electron chi connectivity index (χ0n) is 9.88. The second-order valence-electron chi connectivity index (χ2n) is 4.46. The third-order valence-electron chi connectivity index (χ3n) is 3.22. The summed E-state index contributed by atoms with van der Waals surface area (Å²) in [6.45, 7) is 9.93. The third-order valence-corrected chi connectivity index (χ3v) is 3.22. The van der Waals surface area contributed by atoms with Gasteiger partial charge >= 0.3 is 0 Å². The van der Waals surface area contributed by atoms with Crippen molar-refractivity contribution in [1.82, 2.24) is 5.32 Å². The van der Waals surface area contributed by atoms with Crippen LogP contribution in [0.5, 0.6) is 0 Å². The first-order valence-electron chi connectivity index (χ1n) is 6.11. The fraction of sp³-hybridized carbons (Fsp3) is 1.00. The summed E-state index contributed by atoms with van der Waals surface area (Å²) in [6, 6.07) is 0. The van der Waals surface area contributed by atoms with Crippen LogP contribution in [0.4, 0.5) is 0 Å². The van der Waals surface area contributed by atoms with Gasteiger partial charge in [-0.05, 0) is 31.2 Å². The largest absolute Gasteiger partial charge is 0.378 e. The van der Waals surface area contributed by atoms with Gasteiger partial charge in [-0.1, -0.05) is 27.2 Å². The summed E-state index contributed by atoms with van der Waals surface area (Å²) in [4.78, 5) is 0. The van der Waals surface area contributed by atoms with Crippen molar-refractivity contribution in [1.29, 1.82) is 0 Å². The lowest BCUT2D eigenvalue weighted by atomic mass is 9.89. The third kappa shape index (κ3) is 3.25. The summed E-state index contributed by atoms with van der Waals surface area (Å²) < 4.78 is 5.84. The Morgan fingerprint density at radius 2 is 2.21 bits per heavy atom.